The van der Waals surface area contributed by atoms with Gasteiger partial charge in [-0.05, 0) is 48.1 Å². The van der Waals surface area contributed by atoms with Gasteiger partial charge in [0.1, 0.15) is 17.8 Å². The lowest BCUT2D eigenvalue weighted by Crippen LogP contribution is -2.36. The van der Waals surface area contributed by atoms with Crippen LogP contribution in [0.5, 0.6) is 0 Å². The van der Waals surface area contributed by atoms with Gasteiger partial charge in [0.05, 0.1) is 6.04 Å². The fourth-order valence-corrected chi connectivity index (χ4v) is 5.27. The highest BCUT2D eigenvalue weighted by Crippen LogP contribution is 2.66. The summed E-state index contributed by atoms with van der Waals surface area (Å²) in [5.41, 5.74) is 0.945. The molecule has 0 heterocycles. The van der Waals surface area contributed by atoms with Crippen molar-refractivity contribution in [2.24, 2.45) is 17.3 Å². The highest BCUT2D eigenvalue weighted by atomic mass is 32.1. The van der Waals surface area contributed by atoms with Crippen LogP contribution < -0.4 is 4.72 Å². The zero-order valence-electron chi connectivity index (χ0n) is 14.6. The molecule has 5 unspecified atom stereocenters. The van der Waals surface area contributed by atoms with Gasteiger partial charge >= 0.3 is 0 Å². The van der Waals surface area contributed by atoms with E-state index in [1.54, 1.807) is 36.4 Å². The molecule has 2 saturated carbocycles. The van der Waals surface area contributed by atoms with Crippen molar-refractivity contribution in [3.8, 4) is 11.1 Å². The summed E-state index contributed by atoms with van der Waals surface area (Å²) in [6.45, 7) is 2.13. The van der Waals surface area contributed by atoms with Gasteiger partial charge in [0.25, 0.3) is 0 Å². The third-order valence-electron chi connectivity index (χ3n) is 6.48. The maximum absolute atomic E-state index is 15.2. The number of thiol groups is 1. The summed E-state index contributed by atoms with van der Waals surface area (Å²) < 4.78 is 46.6. The Kier molecular flexibility index (Phi) is 4.56. The predicted octanol–water partition coefficient (Wildman–Crippen LogP) is 5.36. The van der Waals surface area contributed by atoms with Crippen LogP contribution in [0.4, 0.5) is 13.2 Å². The first-order chi connectivity index (χ1) is 12.5. The van der Waals surface area contributed by atoms with E-state index in [1.165, 1.54) is 6.07 Å². The number of hydrogen-bond donors (Lipinski definition) is 2. The Bertz CT molecular complexity index is 827. The van der Waals surface area contributed by atoms with Crippen LogP contribution in [0.2, 0.25) is 0 Å². The topological polar surface area (TPSA) is 12.0 Å². The molecule has 0 bridgehead atoms. The maximum Gasteiger partial charge on any atom is 0.134 e. The molecular weight excluding hydrogens is 355 g/mol. The zero-order chi connectivity index (χ0) is 18.5. The molecule has 0 saturated heterocycles. The monoisotopic (exact) mass is 377 g/mol. The number of hydrogen-bond acceptors (Lipinski definition) is 2. The first-order valence-electron chi connectivity index (χ1n) is 9.04. The largest absolute Gasteiger partial charge is 0.260 e. The number of alkyl halides is 1. The van der Waals surface area contributed by atoms with Crippen molar-refractivity contribution in [1.82, 2.24) is 4.72 Å². The molecule has 0 amide bonds. The average Bonchev–Trinajstić information content (AvgIpc) is 3.17. The Morgan fingerprint density at radius 3 is 2.42 bits per heavy atom. The molecule has 2 aromatic rings. The quantitative estimate of drug-likeness (QED) is 0.684. The summed E-state index contributed by atoms with van der Waals surface area (Å²) in [6, 6.07) is 10.9. The molecule has 138 valence electrons. The molecule has 2 aromatic carbocycles. The lowest BCUT2D eigenvalue weighted by molar-refractivity contribution is 0.276. The van der Waals surface area contributed by atoms with Crippen LogP contribution >= 0.6 is 12.8 Å². The van der Waals surface area contributed by atoms with Crippen LogP contribution in [0.3, 0.4) is 0 Å². The minimum atomic E-state index is -0.972. The smallest absolute Gasteiger partial charge is 0.134 e. The molecular formula is C21H22F3NS. The molecule has 2 aliphatic carbocycles. The van der Waals surface area contributed by atoms with Crippen LogP contribution in [-0.4, -0.2) is 12.2 Å². The molecule has 2 aliphatic rings. The fraction of sp³-hybridized carbons (Fsp3) is 0.429. The van der Waals surface area contributed by atoms with E-state index >= 15 is 4.39 Å². The van der Waals surface area contributed by atoms with Crippen LogP contribution in [0.25, 0.3) is 11.1 Å². The van der Waals surface area contributed by atoms with Crippen LogP contribution in [0.15, 0.2) is 42.5 Å². The Labute approximate surface area is 157 Å². The normalized spacial score (nSPS) is 33.0. The lowest BCUT2D eigenvalue weighted by atomic mass is 9.83. The van der Waals surface area contributed by atoms with E-state index in [2.05, 4.69) is 24.5 Å². The van der Waals surface area contributed by atoms with Crippen molar-refractivity contribution in [1.29, 1.82) is 0 Å². The van der Waals surface area contributed by atoms with Gasteiger partial charge in [-0.25, -0.2) is 13.2 Å². The Balaban J connectivity index is 1.69. The Hall–Kier alpha value is -1.46. The second-order valence-corrected chi connectivity index (χ2v) is 8.04. The third-order valence-corrected chi connectivity index (χ3v) is 6.77. The fourth-order valence-electron chi connectivity index (χ4n) is 4.93. The number of nitrogens with one attached hydrogen (secondary N) is 1. The molecule has 0 aliphatic heterocycles. The first kappa shape index (κ1) is 17.9. The second kappa shape index (κ2) is 6.61. The minimum absolute atomic E-state index is 0.0182. The highest BCUT2D eigenvalue weighted by Gasteiger charge is 2.64. The van der Waals surface area contributed by atoms with Gasteiger partial charge in [-0.1, -0.05) is 56.1 Å². The molecule has 5 atom stereocenters. The van der Waals surface area contributed by atoms with E-state index in [0.717, 1.165) is 6.42 Å². The maximum atomic E-state index is 15.2. The molecule has 26 heavy (non-hydrogen) atoms. The summed E-state index contributed by atoms with van der Waals surface area (Å²) in [4.78, 5) is 0. The van der Waals surface area contributed by atoms with E-state index in [0.29, 0.717) is 24.3 Å². The summed E-state index contributed by atoms with van der Waals surface area (Å²) in [7, 11) is 0. The van der Waals surface area contributed by atoms with E-state index in [1.807, 2.05) is 0 Å². The molecule has 5 heteroatoms. The molecule has 4 rings (SSSR count). The van der Waals surface area contributed by atoms with Gasteiger partial charge in [0.2, 0.25) is 0 Å². The van der Waals surface area contributed by atoms with Gasteiger partial charge in [0, 0.05) is 11.1 Å². The SMILES string of the molecule is CC1CC12CC(F)C(NS)C2Cc1cccc(-c2ccccc2F)c1F. The van der Waals surface area contributed by atoms with Crippen LogP contribution in [-0.2, 0) is 6.42 Å². The highest BCUT2D eigenvalue weighted by molar-refractivity contribution is 7.78. The van der Waals surface area contributed by atoms with Crippen LogP contribution in [0.1, 0.15) is 25.3 Å². The number of benzene rings is 2. The molecule has 1 nitrogen and oxygen atoms in total. The van der Waals surface area contributed by atoms with E-state index in [9.17, 15) is 8.78 Å². The standard InChI is InChI=1S/C21H22F3NS/c1-12-10-21(12)11-18(23)20(25-26)16(21)9-13-5-4-7-15(19(13)24)14-6-2-3-8-17(14)22/h2-8,12,16,18,20,25-26H,9-11H2,1H3. The summed E-state index contributed by atoms with van der Waals surface area (Å²) in [5.74, 6) is -0.442. The summed E-state index contributed by atoms with van der Waals surface area (Å²) in [6.07, 6.45) is 0.932. The summed E-state index contributed by atoms with van der Waals surface area (Å²) in [5, 5.41) is 0. The van der Waals surface area contributed by atoms with Crippen LogP contribution in [0, 0.1) is 28.9 Å². The van der Waals surface area contributed by atoms with Crippen molar-refractivity contribution in [3.05, 3.63) is 59.7 Å². The first-order valence-corrected chi connectivity index (χ1v) is 9.48. The molecule has 0 radical (unpaired) electrons. The average molecular weight is 377 g/mol. The van der Waals surface area contributed by atoms with E-state index in [-0.39, 0.29) is 28.5 Å². The predicted molar refractivity (Wildman–Crippen MR) is 101 cm³/mol. The second-order valence-electron chi connectivity index (χ2n) is 7.78. The van der Waals surface area contributed by atoms with Gasteiger partial charge in [-0.3, -0.25) is 4.72 Å². The van der Waals surface area contributed by atoms with Crippen molar-refractivity contribution >= 4 is 12.8 Å². The van der Waals surface area contributed by atoms with Crippen molar-refractivity contribution in [2.75, 3.05) is 0 Å². The van der Waals surface area contributed by atoms with Gasteiger partial charge in [-0.2, -0.15) is 0 Å². The van der Waals surface area contributed by atoms with Crippen molar-refractivity contribution in [3.63, 3.8) is 0 Å². The third kappa shape index (κ3) is 2.76. The molecule has 1 spiro atoms. The minimum Gasteiger partial charge on any atom is -0.260 e. The number of rotatable bonds is 4. The zero-order valence-corrected chi connectivity index (χ0v) is 15.4. The van der Waals surface area contributed by atoms with Gasteiger partial charge in [0.15, 0.2) is 0 Å². The van der Waals surface area contributed by atoms with Gasteiger partial charge < -0.3 is 0 Å². The number of halogens is 3. The lowest BCUT2D eigenvalue weighted by Gasteiger charge is -2.25. The van der Waals surface area contributed by atoms with E-state index in [4.69, 9.17) is 0 Å². The molecule has 1 N–H and O–H groups in total. The molecule has 2 fully saturated rings. The van der Waals surface area contributed by atoms with Crippen molar-refractivity contribution < 1.29 is 13.2 Å². The van der Waals surface area contributed by atoms with Gasteiger partial charge in [-0.15, -0.1) is 0 Å². The van der Waals surface area contributed by atoms with Crippen molar-refractivity contribution in [2.45, 2.75) is 38.4 Å². The summed E-state index contributed by atoms with van der Waals surface area (Å²) >= 11 is 4.12. The Morgan fingerprint density at radius 1 is 1.08 bits per heavy atom. The van der Waals surface area contributed by atoms with E-state index < -0.39 is 17.8 Å². The Morgan fingerprint density at radius 2 is 1.77 bits per heavy atom. The molecule has 0 aromatic heterocycles.